The number of aromatic nitrogens is 2. The van der Waals surface area contributed by atoms with Crippen LogP contribution in [0.3, 0.4) is 0 Å². The quantitative estimate of drug-likeness (QED) is 0.560. The molecule has 26 heavy (non-hydrogen) atoms. The number of hydrogen-bond acceptors (Lipinski definition) is 4. The molecule has 2 heterocycles. The fourth-order valence-corrected chi connectivity index (χ4v) is 3.99. The third kappa shape index (κ3) is 2.75. The molecular weight excluding hydrogens is 377 g/mol. The van der Waals surface area contributed by atoms with Crippen molar-refractivity contribution >= 4 is 55.1 Å². The topological polar surface area (TPSA) is 64.0 Å². The van der Waals surface area contributed by atoms with Crippen molar-refractivity contribution in [2.24, 2.45) is 7.05 Å². The van der Waals surface area contributed by atoms with E-state index in [9.17, 15) is 14.0 Å². The molecule has 0 saturated carbocycles. The molecule has 1 amide bonds. The van der Waals surface area contributed by atoms with Gasteiger partial charge in [-0.1, -0.05) is 29.0 Å². The number of para-hydroxylation sites is 1. The van der Waals surface area contributed by atoms with Crippen LogP contribution >= 0.6 is 22.9 Å². The Labute approximate surface area is 155 Å². The van der Waals surface area contributed by atoms with Gasteiger partial charge in [-0.3, -0.25) is 14.9 Å². The van der Waals surface area contributed by atoms with E-state index in [0.717, 1.165) is 11.3 Å². The van der Waals surface area contributed by atoms with E-state index < -0.39 is 11.3 Å². The third-order valence-electron chi connectivity index (χ3n) is 3.97. The maximum atomic E-state index is 13.3. The molecule has 5 nitrogen and oxygen atoms in total. The number of anilines is 1. The van der Waals surface area contributed by atoms with Crippen LogP contribution in [-0.4, -0.2) is 15.5 Å². The minimum atomic E-state index is -0.577. The number of carbonyl (C=O) groups is 1. The zero-order valence-corrected chi connectivity index (χ0v) is 15.0. The lowest BCUT2D eigenvalue weighted by Crippen LogP contribution is -2.23. The Balaban J connectivity index is 1.76. The lowest BCUT2D eigenvalue weighted by molar-refractivity contribution is 0.102. The summed E-state index contributed by atoms with van der Waals surface area (Å²) < 4.78 is 15.5. The minimum Gasteiger partial charge on any atom is -0.348 e. The summed E-state index contributed by atoms with van der Waals surface area (Å²) in [5, 5.41) is 3.70. The summed E-state index contributed by atoms with van der Waals surface area (Å²) in [5.41, 5.74) is 0.703. The first-order chi connectivity index (χ1) is 12.4. The minimum absolute atomic E-state index is 0.0206. The van der Waals surface area contributed by atoms with Gasteiger partial charge < -0.3 is 4.57 Å². The lowest BCUT2D eigenvalue weighted by Gasteiger charge is -2.09. The standard InChI is InChI=1S/C18H11ClFN3O2S/c1-23-8-11(16(24)10-3-2-4-12(19)15(10)23)17(25)22-18-21-13-6-5-9(20)7-14(13)26-18/h2-8H,1H3,(H,21,22,25). The van der Waals surface area contributed by atoms with Crippen molar-refractivity contribution in [2.75, 3.05) is 5.32 Å². The molecule has 0 radical (unpaired) electrons. The second-order valence-corrected chi connectivity index (χ2v) is 7.14. The largest absolute Gasteiger partial charge is 0.348 e. The number of amides is 1. The van der Waals surface area contributed by atoms with Crippen molar-refractivity contribution in [1.29, 1.82) is 0 Å². The molecule has 1 N–H and O–H groups in total. The summed E-state index contributed by atoms with van der Waals surface area (Å²) >= 11 is 7.29. The molecule has 2 aromatic heterocycles. The highest BCUT2D eigenvalue weighted by molar-refractivity contribution is 7.22. The van der Waals surface area contributed by atoms with Crippen molar-refractivity contribution < 1.29 is 9.18 Å². The number of halogens is 2. The molecule has 4 aromatic rings. The van der Waals surface area contributed by atoms with Gasteiger partial charge in [-0.2, -0.15) is 0 Å². The first-order valence-corrected chi connectivity index (χ1v) is 8.79. The summed E-state index contributed by atoms with van der Waals surface area (Å²) in [5.74, 6) is -0.952. The van der Waals surface area contributed by atoms with E-state index in [1.165, 1.54) is 24.4 Å². The van der Waals surface area contributed by atoms with E-state index in [0.29, 0.717) is 31.3 Å². The molecule has 0 unspecified atom stereocenters. The highest BCUT2D eigenvalue weighted by atomic mass is 35.5. The van der Waals surface area contributed by atoms with Crippen LogP contribution in [0.25, 0.3) is 21.1 Å². The van der Waals surface area contributed by atoms with E-state index in [-0.39, 0.29) is 11.4 Å². The summed E-state index contributed by atoms with van der Waals surface area (Å²) in [6.45, 7) is 0. The summed E-state index contributed by atoms with van der Waals surface area (Å²) in [7, 11) is 1.71. The van der Waals surface area contributed by atoms with Crippen molar-refractivity contribution in [1.82, 2.24) is 9.55 Å². The number of nitrogens with zero attached hydrogens (tertiary/aromatic N) is 2. The van der Waals surface area contributed by atoms with Crippen LogP contribution in [0.2, 0.25) is 5.02 Å². The van der Waals surface area contributed by atoms with Crippen LogP contribution in [-0.2, 0) is 7.05 Å². The second kappa shape index (κ2) is 6.19. The lowest BCUT2D eigenvalue weighted by atomic mass is 10.1. The fourth-order valence-electron chi connectivity index (χ4n) is 2.80. The molecule has 8 heteroatoms. The van der Waals surface area contributed by atoms with E-state index in [2.05, 4.69) is 10.3 Å². The van der Waals surface area contributed by atoms with Crippen LogP contribution in [0.4, 0.5) is 9.52 Å². The van der Waals surface area contributed by atoms with Gasteiger partial charge in [0.2, 0.25) is 5.43 Å². The summed E-state index contributed by atoms with van der Waals surface area (Å²) in [6.07, 6.45) is 1.44. The Bertz CT molecular complexity index is 1250. The number of thiazole rings is 1. The molecule has 0 saturated heterocycles. The zero-order chi connectivity index (χ0) is 18.4. The normalized spacial score (nSPS) is 11.2. The Morgan fingerprint density at radius 3 is 2.92 bits per heavy atom. The number of pyridine rings is 1. The second-order valence-electron chi connectivity index (χ2n) is 5.70. The van der Waals surface area contributed by atoms with Crippen molar-refractivity contribution in [2.45, 2.75) is 0 Å². The molecule has 0 aliphatic rings. The molecule has 0 spiro atoms. The average Bonchev–Trinajstić information content (AvgIpc) is 2.99. The van der Waals surface area contributed by atoms with Crippen LogP contribution < -0.4 is 10.7 Å². The smallest absolute Gasteiger partial charge is 0.262 e. The Kier molecular flexibility index (Phi) is 3.97. The highest BCUT2D eigenvalue weighted by Crippen LogP contribution is 2.27. The maximum absolute atomic E-state index is 13.3. The van der Waals surface area contributed by atoms with Gasteiger partial charge >= 0.3 is 0 Å². The summed E-state index contributed by atoms with van der Waals surface area (Å²) in [4.78, 5) is 29.5. The van der Waals surface area contributed by atoms with Crippen molar-refractivity contribution in [3.8, 4) is 0 Å². The van der Waals surface area contributed by atoms with Crippen LogP contribution in [0.1, 0.15) is 10.4 Å². The fraction of sp³-hybridized carbons (Fsp3) is 0.0556. The van der Waals surface area contributed by atoms with Gasteiger partial charge in [0, 0.05) is 18.6 Å². The maximum Gasteiger partial charge on any atom is 0.262 e. The van der Waals surface area contributed by atoms with Crippen molar-refractivity contribution in [3.05, 3.63) is 69.2 Å². The Morgan fingerprint density at radius 1 is 1.31 bits per heavy atom. The molecule has 0 atom stereocenters. The van der Waals surface area contributed by atoms with Gasteiger partial charge in [-0.05, 0) is 30.3 Å². The third-order valence-corrected chi connectivity index (χ3v) is 5.21. The van der Waals surface area contributed by atoms with Gasteiger partial charge in [0.05, 0.1) is 20.8 Å². The number of rotatable bonds is 2. The van der Waals surface area contributed by atoms with E-state index in [4.69, 9.17) is 11.6 Å². The molecular formula is C18H11ClFN3O2S. The number of benzene rings is 2. The monoisotopic (exact) mass is 387 g/mol. The van der Waals surface area contributed by atoms with Gasteiger partial charge in [0.15, 0.2) is 5.13 Å². The first-order valence-electron chi connectivity index (χ1n) is 7.59. The van der Waals surface area contributed by atoms with Crippen LogP contribution in [0.5, 0.6) is 0 Å². The highest BCUT2D eigenvalue weighted by Gasteiger charge is 2.17. The van der Waals surface area contributed by atoms with Gasteiger partial charge in [-0.25, -0.2) is 9.37 Å². The van der Waals surface area contributed by atoms with Crippen molar-refractivity contribution in [3.63, 3.8) is 0 Å². The number of aryl methyl sites for hydroxylation is 1. The predicted octanol–water partition coefficient (Wildman–Crippen LogP) is 4.19. The number of carbonyl (C=O) groups excluding carboxylic acids is 1. The van der Waals surface area contributed by atoms with Gasteiger partial charge in [0.25, 0.3) is 5.91 Å². The zero-order valence-electron chi connectivity index (χ0n) is 13.4. The Hall–Kier alpha value is -2.77. The van der Waals surface area contributed by atoms with Gasteiger partial charge in [0.1, 0.15) is 11.4 Å². The van der Waals surface area contributed by atoms with Crippen LogP contribution in [0, 0.1) is 5.82 Å². The molecule has 0 aliphatic heterocycles. The first kappa shape index (κ1) is 16.7. The molecule has 0 aliphatic carbocycles. The molecule has 4 rings (SSSR count). The molecule has 0 fully saturated rings. The van der Waals surface area contributed by atoms with Crippen LogP contribution in [0.15, 0.2) is 47.4 Å². The number of nitrogens with one attached hydrogen (secondary N) is 1. The molecule has 130 valence electrons. The SMILES string of the molecule is Cn1cc(C(=O)Nc2nc3ccc(F)cc3s2)c(=O)c2cccc(Cl)c21. The van der Waals surface area contributed by atoms with E-state index in [1.807, 2.05) is 0 Å². The van der Waals surface area contributed by atoms with E-state index >= 15 is 0 Å². The number of fused-ring (bicyclic) bond motifs is 2. The van der Waals surface area contributed by atoms with E-state index in [1.54, 1.807) is 29.8 Å². The Morgan fingerprint density at radius 2 is 2.12 bits per heavy atom. The van der Waals surface area contributed by atoms with Gasteiger partial charge in [-0.15, -0.1) is 0 Å². The molecule has 0 bridgehead atoms. The predicted molar refractivity (Wildman–Crippen MR) is 102 cm³/mol. The average molecular weight is 388 g/mol. The number of hydrogen-bond donors (Lipinski definition) is 1. The summed E-state index contributed by atoms with van der Waals surface area (Å²) in [6, 6.07) is 9.16. The molecule has 2 aromatic carbocycles.